The summed E-state index contributed by atoms with van der Waals surface area (Å²) < 4.78 is 41.3. The zero-order chi connectivity index (χ0) is 47.0. The van der Waals surface area contributed by atoms with Crippen molar-refractivity contribution in [3.05, 3.63) is 76.5 Å². The van der Waals surface area contributed by atoms with Crippen molar-refractivity contribution in [2.45, 2.75) is 125 Å². The Kier molecular flexibility index (Phi) is 14.3. The van der Waals surface area contributed by atoms with Gasteiger partial charge in [0.25, 0.3) is 0 Å². The SMILES string of the molecule is CC1O[C@@H](Oc2cc(O)c3c(=O)c(O[C@@H]4OC(CCCC(=O)/C=C/c5ccc(O)c(O)c5)[C@@H](O)C(O)[C@@H]4O[C@@H]4OC(C)[C@H](O)C(O)[C@@H]4O)c(-c4ccc(O)cc4)oc3c2)[C@@H](O)C(O)[C@H]1O. The number of rotatable bonds is 13. The normalized spacial score (nSPS) is 33.0. The van der Waals surface area contributed by atoms with Crippen LogP contribution in [0.15, 0.2) is 69.9 Å². The van der Waals surface area contributed by atoms with E-state index in [-0.39, 0.29) is 65.0 Å². The highest BCUT2D eigenvalue weighted by molar-refractivity contribution is 5.93. The Morgan fingerprint density at radius 2 is 1.31 bits per heavy atom. The number of allylic oxidation sites excluding steroid dienone is 1. The molecule has 3 aromatic carbocycles. The van der Waals surface area contributed by atoms with Crippen molar-refractivity contribution in [3.63, 3.8) is 0 Å². The van der Waals surface area contributed by atoms with Gasteiger partial charge in [-0.05, 0) is 74.7 Å². The maximum absolute atomic E-state index is 14.5. The molecule has 0 bridgehead atoms. The van der Waals surface area contributed by atoms with E-state index in [2.05, 4.69) is 0 Å². The number of benzene rings is 3. The maximum Gasteiger partial charge on any atom is 0.239 e. The molecule has 0 aliphatic carbocycles. The molecule has 21 heteroatoms. The Hall–Kier alpha value is -5.40. The van der Waals surface area contributed by atoms with Crippen molar-refractivity contribution in [2.24, 2.45) is 0 Å². The predicted molar refractivity (Wildman–Crippen MR) is 220 cm³/mol. The van der Waals surface area contributed by atoms with Crippen LogP contribution in [0.1, 0.15) is 38.7 Å². The molecule has 6 unspecified atom stereocenters. The Morgan fingerprint density at radius 3 is 1.97 bits per heavy atom. The van der Waals surface area contributed by atoms with Crippen LogP contribution in [-0.2, 0) is 23.7 Å². The highest BCUT2D eigenvalue weighted by atomic mass is 16.8. The molecular weight excluding hydrogens is 864 g/mol. The summed E-state index contributed by atoms with van der Waals surface area (Å²) in [4.78, 5) is 27.3. The van der Waals surface area contributed by atoms with Crippen LogP contribution in [0.4, 0.5) is 0 Å². The molecular formula is C44H50O21. The smallest absolute Gasteiger partial charge is 0.239 e. The summed E-state index contributed by atoms with van der Waals surface area (Å²) >= 11 is 0. The molecule has 4 heterocycles. The molecule has 0 spiro atoms. The van der Waals surface area contributed by atoms with Gasteiger partial charge < -0.3 is 94.1 Å². The molecule has 12 N–H and O–H groups in total. The van der Waals surface area contributed by atoms with Crippen molar-refractivity contribution in [3.8, 4) is 45.8 Å². The molecule has 0 radical (unpaired) electrons. The van der Waals surface area contributed by atoms with Crippen LogP contribution >= 0.6 is 0 Å². The van der Waals surface area contributed by atoms with E-state index in [0.29, 0.717) is 5.56 Å². The van der Waals surface area contributed by atoms with Gasteiger partial charge in [-0.1, -0.05) is 12.1 Å². The Bertz CT molecular complexity index is 2400. The lowest BCUT2D eigenvalue weighted by atomic mass is 9.94. The largest absolute Gasteiger partial charge is 0.508 e. The van der Waals surface area contributed by atoms with Gasteiger partial charge in [0.2, 0.25) is 23.8 Å². The molecule has 1 aromatic heterocycles. The first-order chi connectivity index (χ1) is 30.8. The number of aliphatic hydroxyl groups excluding tert-OH is 8. The standard InChI is InChI=1S/C44H50O21/c1-17-30(50)34(54)37(57)42(59-17)61-23-15-26(49)29-28(16-23)62-39(20-8-11-22(46)12-9-20)40(33(29)53)64-44-41(65-43-38(58)35(55)31(51)18(2)60-43)36(56)32(52)27(63-44)5-3-4-21(45)10-6-19-7-13-24(47)25(48)14-19/h6-18,27,30-32,34-38,41-44,46-52,54-58H,3-5H2,1-2H3/b10-6+/t17?,18?,27?,30-,31-,32+,34?,35?,36?,37-,38-,41-,42-,43-,44-/m0/s1. The highest BCUT2D eigenvalue weighted by Crippen LogP contribution is 2.40. The first-order valence-electron chi connectivity index (χ1n) is 20.6. The molecule has 3 saturated heterocycles. The first kappa shape index (κ1) is 47.6. The third kappa shape index (κ3) is 10.1. The number of aliphatic hydroxyl groups is 8. The van der Waals surface area contributed by atoms with Gasteiger partial charge in [-0.15, -0.1) is 0 Å². The fraction of sp³-hybridized carbons (Fsp3) is 0.455. The van der Waals surface area contributed by atoms with Crippen LogP contribution < -0.4 is 14.9 Å². The van der Waals surface area contributed by atoms with Crippen LogP contribution in [0.2, 0.25) is 0 Å². The van der Waals surface area contributed by atoms with E-state index < -0.39 is 114 Å². The summed E-state index contributed by atoms with van der Waals surface area (Å²) in [5, 5.41) is 126. The average molecular weight is 915 g/mol. The average Bonchev–Trinajstić information content (AvgIpc) is 3.27. The molecule has 0 amide bonds. The second-order valence-electron chi connectivity index (χ2n) is 16.1. The van der Waals surface area contributed by atoms with Crippen LogP contribution in [-0.4, -0.2) is 159 Å². The van der Waals surface area contributed by atoms with E-state index in [1.807, 2.05) is 0 Å². The monoisotopic (exact) mass is 914 g/mol. The van der Waals surface area contributed by atoms with Crippen molar-refractivity contribution in [1.29, 1.82) is 0 Å². The minimum atomic E-state index is -1.94. The topological polar surface area (TPSA) is 345 Å². The van der Waals surface area contributed by atoms with Gasteiger partial charge in [0.1, 0.15) is 77.0 Å². The van der Waals surface area contributed by atoms with Gasteiger partial charge in [0, 0.05) is 24.1 Å². The van der Waals surface area contributed by atoms with E-state index in [1.165, 1.54) is 68.5 Å². The number of phenolic OH excluding ortho intramolecular Hbond substituents is 4. The van der Waals surface area contributed by atoms with Crippen molar-refractivity contribution in [2.75, 3.05) is 0 Å². The maximum atomic E-state index is 14.5. The second kappa shape index (κ2) is 19.6. The predicted octanol–water partition coefficient (Wildman–Crippen LogP) is -0.0203. The fourth-order valence-electron chi connectivity index (χ4n) is 7.66. The van der Waals surface area contributed by atoms with E-state index in [4.69, 9.17) is 32.8 Å². The Labute approximate surface area is 368 Å². The van der Waals surface area contributed by atoms with Gasteiger partial charge in [-0.3, -0.25) is 9.59 Å². The van der Waals surface area contributed by atoms with Crippen molar-refractivity contribution in [1.82, 2.24) is 0 Å². The number of ketones is 1. The molecule has 0 saturated carbocycles. The number of carbonyl (C=O) groups excluding carboxylic acids is 1. The summed E-state index contributed by atoms with van der Waals surface area (Å²) in [6.07, 6.45) is -21.7. The minimum absolute atomic E-state index is 0.0687. The van der Waals surface area contributed by atoms with E-state index in [9.17, 15) is 70.9 Å². The number of ether oxygens (including phenoxy) is 6. The lowest BCUT2D eigenvalue weighted by Gasteiger charge is -2.46. The van der Waals surface area contributed by atoms with Gasteiger partial charge in [-0.2, -0.15) is 0 Å². The Morgan fingerprint density at radius 1 is 0.662 bits per heavy atom. The molecule has 7 rings (SSSR count). The fourth-order valence-corrected chi connectivity index (χ4v) is 7.66. The molecule has 3 fully saturated rings. The summed E-state index contributed by atoms with van der Waals surface area (Å²) in [6, 6.07) is 11.3. The number of hydrogen-bond acceptors (Lipinski definition) is 21. The summed E-state index contributed by atoms with van der Waals surface area (Å²) in [7, 11) is 0. The van der Waals surface area contributed by atoms with Crippen LogP contribution in [0, 0.1) is 0 Å². The highest BCUT2D eigenvalue weighted by Gasteiger charge is 2.51. The van der Waals surface area contributed by atoms with Gasteiger partial charge in [0.05, 0.1) is 18.3 Å². The van der Waals surface area contributed by atoms with Crippen LogP contribution in [0.5, 0.6) is 34.5 Å². The van der Waals surface area contributed by atoms with Crippen molar-refractivity contribution >= 4 is 22.8 Å². The van der Waals surface area contributed by atoms with Crippen LogP contribution in [0.25, 0.3) is 28.4 Å². The molecule has 21 nitrogen and oxygen atoms in total. The second-order valence-corrected chi connectivity index (χ2v) is 16.1. The third-order valence-electron chi connectivity index (χ3n) is 11.4. The zero-order valence-electron chi connectivity index (χ0n) is 34.7. The third-order valence-corrected chi connectivity index (χ3v) is 11.4. The molecule has 352 valence electrons. The molecule has 15 atom stereocenters. The number of phenols is 4. The summed E-state index contributed by atoms with van der Waals surface area (Å²) in [5.41, 5.74) is -0.822. The number of carbonyl (C=O) groups is 1. The Balaban J connectivity index is 1.22. The number of aromatic hydroxyl groups is 4. The van der Waals surface area contributed by atoms with Gasteiger partial charge in [-0.25, -0.2) is 0 Å². The van der Waals surface area contributed by atoms with Crippen molar-refractivity contribution < 1.29 is 98.9 Å². The van der Waals surface area contributed by atoms with E-state index in [0.717, 1.165) is 12.1 Å². The quantitative estimate of drug-likeness (QED) is 0.0619. The van der Waals surface area contributed by atoms with Crippen LogP contribution in [0.3, 0.4) is 0 Å². The first-order valence-corrected chi connectivity index (χ1v) is 20.6. The number of hydrogen-bond donors (Lipinski definition) is 12. The zero-order valence-corrected chi connectivity index (χ0v) is 34.7. The minimum Gasteiger partial charge on any atom is -0.508 e. The summed E-state index contributed by atoms with van der Waals surface area (Å²) in [5.74, 6) is -3.23. The molecule has 3 aliphatic rings. The summed E-state index contributed by atoms with van der Waals surface area (Å²) in [6.45, 7) is 2.81. The number of fused-ring (bicyclic) bond motifs is 1. The van der Waals surface area contributed by atoms with Gasteiger partial charge >= 0.3 is 0 Å². The molecule has 3 aliphatic heterocycles. The lowest BCUT2D eigenvalue weighted by molar-refractivity contribution is -0.353. The van der Waals surface area contributed by atoms with E-state index >= 15 is 0 Å². The van der Waals surface area contributed by atoms with Gasteiger partial charge in [0.15, 0.2) is 35.4 Å². The lowest BCUT2D eigenvalue weighted by Crippen LogP contribution is -2.64. The molecule has 4 aromatic rings. The van der Waals surface area contributed by atoms with E-state index in [1.54, 1.807) is 0 Å². The molecule has 65 heavy (non-hydrogen) atoms.